The first kappa shape index (κ1) is 29.4. The second-order valence-corrected chi connectivity index (χ2v) is 10.0. The number of fused-ring (bicyclic) bond motifs is 3. The van der Waals surface area contributed by atoms with Gasteiger partial charge in [-0.05, 0) is 35.1 Å². The molecule has 0 heterocycles. The number of unbranched alkanes of at least 4 members (excludes halogenated alkanes) is 6. The molecule has 0 N–H and O–H groups in total. The molecular formula is C29H34F8. The maximum atomic E-state index is 16.3. The Morgan fingerprint density at radius 1 is 0.514 bits per heavy atom. The average Bonchev–Trinajstić information content (AvgIpc) is 3.16. The van der Waals surface area contributed by atoms with Gasteiger partial charge in [0.15, 0.2) is 5.41 Å². The van der Waals surface area contributed by atoms with Crippen LogP contribution in [0.4, 0.5) is 35.1 Å². The lowest BCUT2D eigenvalue weighted by molar-refractivity contribution is -0.324. The van der Waals surface area contributed by atoms with E-state index in [9.17, 15) is 0 Å². The van der Waals surface area contributed by atoms with Crippen LogP contribution in [0.3, 0.4) is 0 Å². The fraction of sp³-hybridized carbons (Fsp3) is 0.586. The summed E-state index contributed by atoms with van der Waals surface area (Å²) in [6.45, 7) is 3.61. The van der Waals surface area contributed by atoms with E-state index >= 15 is 35.1 Å². The molecule has 0 bridgehead atoms. The molecule has 1 aliphatic carbocycles. The molecule has 0 amide bonds. The summed E-state index contributed by atoms with van der Waals surface area (Å²) in [5.74, 6) is -21.0. The third-order valence-corrected chi connectivity index (χ3v) is 7.50. The van der Waals surface area contributed by atoms with Gasteiger partial charge in [0, 0.05) is 12.8 Å². The fourth-order valence-corrected chi connectivity index (χ4v) is 5.52. The standard InChI is InChI=1S/C29H34F8/c1-3-5-7-13-19-25(30,31)28(34,35)27(29(36,37)26(32,33)20-14-8-6-4-2)23-17-11-9-15-21(23)22-16-10-12-18-24(22)27/h9-12,15-18H,3-8,13-14,19-20H2,1-2H3. The molecular weight excluding hydrogens is 500 g/mol. The zero-order valence-corrected chi connectivity index (χ0v) is 21.2. The van der Waals surface area contributed by atoms with Crippen molar-refractivity contribution >= 4 is 0 Å². The van der Waals surface area contributed by atoms with Crippen LogP contribution in [0.15, 0.2) is 48.5 Å². The largest absolute Gasteiger partial charge is 0.329 e. The van der Waals surface area contributed by atoms with E-state index < -0.39 is 53.1 Å². The van der Waals surface area contributed by atoms with Crippen LogP contribution in [0.2, 0.25) is 0 Å². The molecule has 0 unspecified atom stereocenters. The Hall–Kier alpha value is -2.12. The van der Waals surface area contributed by atoms with Crippen molar-refractivity contribution in [2.24, 2.45) is 0 Å². The summed E-state index contributed by atoms with van der Waals surface area (Å²) in [5.41, 5.74) is -6.38. The second kappa shape index (κ2) is 10.9. The molecule has 0 nitrogen and oxygen atoms in total. The Bertz CT molecular complexity index is 960. The molecule has 0 radical (unpaired) electrons. The van der Waals surface area contributed by atoms with Gasteiger partial charge in [0.2, 0.25) is 0 Å². The first-order valence-electron chi connectivity index (χ1n) is 13.0. The summed E-state index contributed by atoms with van der Waals surface area (Å²) in [5, 5.41) is 0. The van der Waals surface area contributed by atoms with Gasteiger partial charge in [-0.1, -0.05) is 101 Å². The zero-order valence-electron chi connectivity index (χ0n) is 21.2. The first-order valence-corrected chi connectivity index (χ1v) is 13.0. The van der Waals surface area contributed by atoms with E-state index in [1.165, 1.54) is 24.3 Å². The van der Waals surface area contributed by atoms with Crippen LogP contribution in [0.5, 0.6) is 0 Å². The number of hydrogen-bond acceptors (Lipinski definition) is 0. The maximum Gasteiger partial charge on any atom is 0.329 e. The van der Waals surface area contributed by atoms with Crippen molar-refractivity contribution in [2.75, 3.05) is 0 Å². The molecule has 3 rings (SSSR count). The summed E-state index contributed by atoms with van der Waals surface area (Å²) in [7, 11) is 0. The third kappa shape index (κ3) is 4.67. The lowest BCUT2D eigenvalue weighted by atomic mass is 9.63. The minimum Gasteiger partial charge on any atom is -0.200 e. The van der Waals surface area contributed by atoms with Gasteiger partial charge in [-0.3, -0.25) is 0 Å². The molecule has 1 aliphatic rings. The number of halogens is 8. The molecule has 206 valence electrons. The van der Waals surface area contributed by atoms with Gasteiger partial charge < -0.3 is 0 Å². The Kier molecular flexibility index (Phi) is 8.70. The predicted molar refractivity (Wildman–Crippen MR) is 130 cm³/mol. The molecule has 0 atom stereocenters. The monoisotopic (exact) mass is 534 g/mol. The summed E-state index contributed by atoms with van der Waals surface area (Å²) >= 11 is 0. The smallest absolute Gasteiger partial charge is 0.200 e. The van der Waals surface area contributed by atoms with Gasteiger partial charge in [-0.25, -0.2) is 0 Å². The fourth-order valence-electron chi connectivity index (χ4n) is 5.52. The van der Waals surface area contributed by atoms with Gasteiger partial charge in [-0.2, -0.15) is 35.1 Å². The minimum absolute atomic E-state index is 0.166. The van der Waals surface area contributed by atoms with E-state index in [1.807, 2.05) is 0 Å². The summed E-state index contributed by atoms with van der Waals surface area (Å²) in [6.07, 6.45) is -0.741. The minimum atomic E-state index is -5.52. The normalized spacial score (nSPS) is 15.5. The van der Waals surface area contributed by atoms with E-state index in [0.717, 1.165) is 24.3 Å². The molecule has 0 spiro atoms. The second-order valence-electron chi connectivity index (χ2n) is 10.0. The van der Waals surface area contributed by atoms with Crippen LogP contribution >= 0.6 is 0 Å². The first-order chi connectivity index (χ1) is 17.3. The van der Waals surface area contributed by atoms with E-state index in [1.54, 1.807) is 13.8 Å². The molecule has 37 heavy (non-hydrogen) atoms. The number of alkyl halides is 8. The Labute approximate surface area is 213 Å². The highest BCUT2D eigenvalue weighted by Gasteiger charge is 2.84. The predicted octanol–water partition coefficient (Wildman–Crippen LogP) is 10.4. The van der Waals surface area contributed by atoms with Crippen LogP contribution in [0.25, 0.3) is 11.1 Å². The van der Waals surface area contributed by atoms with E-state index in [4.69, 9.17) is 0 Å². The molecule has 0 fully saturated rings. The van der Waals surface area contributed by atoms with Crippen molar-refractivity contribution in [2.45, 2.75) is 107 Å². The van der Waals surface area contributed by atoms with E-state index in [-0.39, 0.29) is 36.8 Å². The van der Waals surface area contributed by atoms with Crippen LogP contribution in [-0.4, -0.2) is 23.7 Å². The number of rotatable bonds is 14. The molecule has 8 heteroatoms. The van der Waals surface area contributed by atoms with Crippen molar-refractivity contribution in [3.8, 4) is 11.1 Å². The van der Waals surface area contributed by atoms with Crippen LogP contribution in [-0.2, 0) is 5.41 Å². The molecule has 0 aromatic heterocycles. The maximum absolute atomic E-state index is 16.3. The highest BCUT2D eigenvalue weighted by atomic mass is 19.3. The van der Waals surface area contributed by atoms with Gasteiger partial charge in [0.05, 0.1) is 0 Å². The van der Waals surface area contributed by atoms with Crippen molar-refractivity contribution in [3.05, 3.63) is 59.7 Å². The number of hydrogen-bond donors (Lipinski definition) is 0. The van der Waals surface area contributed by atoms with E-state index in [2.05, 4.69) is 0 Å². The van der Waals surface area contributed by atoms with Gasteiger partial charge in [0.1, 0.15) is 0 Å². The number of benzene rings is 2. The average molecular weight is 535 g/mol. The van der Waals surface area contributed by atoms with Gasteiger partial charge in [-0.15, -0.1) is 0 Å². The van der Waals surface area contributed by atoms with Crippen molar-refractivity contribution in [1.29, 1.82) is 0 Å². The molecule has 0 saturated carbocycles. The summed E-state index contributed by atoms with van der Waals surface area (Å²) in [4.78, 5) is 0. The summed E-state index contributed by atoms with van der Waals surface area (Å²) < 4.78 is 127. The van der Waals surface area contributed by atoms with Crippen molar-refractivity contribution < 1.29 is 35.1 Å². The Morgan fingerprint density at radius 3 is 1.22 bits per heavy atom. The van der Waals surface area contributed by atoms with Gasteiger partial charge in [0.25, 0.3) is 0 Å². The van der Waals surface area contributed by atoms with Crippen LogP contribution < -0.4 is 0 Å². The Morgan fingerprint density at radius 2 is 0.865 bits per heavy atom. The highest BCUT2D eigenvalue weighted by molar-refractivity contribution is 5.83. The lowest BCUT2D eigenvalue weighted by Gasteiger charge is -2.49. The van der Waals surface area contributed by atoms with Crippen LogP contribution in [0.1, 0.15) is 89.2 Å². The summed E-state index contributed by atoms with van der Waals surface area (Å²) in [6, 6.07) is 9.24. The van der Waals surface area contributed by atoms with Crippen molar-refractivity contribution in [3.63, 3.8) is 0 Å². The molecule has 2 aromatic carbocycles. The van der Waals surface area contributed by atoms with Crippen molar-refractivity contribution in [1.82, 2.24) is 0 Å². The molecule has 0 saturated heterocycles. The topological polar surface area (TPSA) is 0 Å². The quantitative estimate of drug-likeness (QED) is 0.167. The van der Waals surface area contributed by atoms with Gasteiger partial charge >= 0.3 is 23.7 Å². The van der Waals surface area contributed by atoms with E-state index in [0.29, 0.717) is 25.7 Å². The van der Waals surface area contributed by atoms with Crippen LogP contribution in [0, 0.1) is 0 Å². The third-order valence-electron chi connectivity index (χ3n) is 7.50. The lowest BCUT2D eigenvalue weighted by Crippen LogP contribution is -2.69. The Balaban J connectivity index is 2.27. The highest BCUT2D eigenvalue weighted by Crippen LogP contribution is 2.69. The SMILES string of the molecule is CCCCCCC(F)(F)C(F)(F)C1(C(F)(F)C(F)(F)CCCCCC)c2ccccc2-c2ccccc21. The molecule has 0 aliphatic heterocycles. The zero-order chi connectivity index (χ0) is 27.5. The molecule has 2 aromatic rings.